The molecule has 4 aromatic rings. The second-order valence-corrected chi connectivity index (χ2v) is 8.20. The second-order valence-electron chi connectivity index (χ2n) is 8.20. The van der Waals surface area contributed by atoms with Gasteiger partial charge >= 0.3 is 0 Å². The molecule has 1 aromatic carbocycles. The lowest BCUT2D eigenvalue weighted by atomic mass is 9.90. The van der Waals surface area contributed by atoms with Gasteiger partial charge in [-0.15, -0.1) is 0 Å². The molecule has 0 saturated heterocycles. The van der Waals surface area contributed by atoms with Gasteiger partial charge in [-0.1, -0.05) is 30.3 Å². The van der Waals surface area contributed by atoms with E-state index < -0.39 is 34.9 Å². The Bertz CT molecular complexity index is 1500. The van der Waals surface area contributed by atoms with Crippen molar-refractivity contribution in [3.8, 4) is 11.8 Å². The highest BCUT2D eigenvalue weighted by molar-refractivity contribution is 6.04. The summed E-state index contributed by atoms with van der Waals surface area (Å²) < 4.78 is 7.68. The van der Waals surface area contributed by atoms with Gasteiger partial charge in [-0.2, -0.15) is 10.4 Å². The Balaban J connectivity index is 1.88. The molecule has 4 rings (SSSR count). The van der Waals surface area contributed by atoms with E-state index in [9.17, 15) is 20.0 Å². The Morgan fingerprint density at radius 2 is 2.03 bits per heavy atom. The SMILES string of the molecule is Cc1cc(C)n(C(c2ccccc2C#N)C(C)c2nc(C(=O)Nc3cnoc3)c(O)c(=O)n2C)n1. The molecule has 11 nitrogen and oxygen atoms in total. The highest BCUT2D eigenvalue weighted by Gasteiger charge is 2.32. The van der Waals surface area contributed by atoms with Crippen molar-refractivity contribution >= 4 is 11.6 Å². The van der Waals surface area contributed by atoms with E-state index in [0.717, 1.165) is 11.4 Å². The average Bonchev–Trinajstić information content (AvgIpc) is 3.47. The highest BCUT2D eigenvalue weighted by atomic mass is 16.5. The van der Waals surface area contributed by atoms with E-state index in [1.807, 2.05) is 39.0 Å². The summed E-state index contributed by atoms with van der Waals surface area (Å²) in [6.45, 7) is 5.59. The Labute approximate surface area is 200 Å². The van der Waals surface area contributed by atoms with Gasteiger partial charge in [0.2, 0.25) is 5.75 Å². The van der Waals surface area contributed by atoms with Crippen LogP contribution in [0.3, 0.4) is 0 Å². The third-order valence-electron chi connectivity index (χ3n) is 5.80. The van der Waals surface area contributed by atoms with Crippen LogP contribution in [-0.4, -0.2) is 35.5 Å². The number of aromatic hydroxyl groups is 1. The molecule has 0 fully saturated rings. The molecule has 2 unspecified atom stereocenters. The number of benzene rings is 1. The Morgan fingerprint density at radius 3 is 2.66 bits per heavy atom. The maximum Gasteiger partial charge on any atom is 0.296 e. The van der Waals surface area contributed by atoms with E-state index in [-0.39, 0.29) is 11.5 Å². The fourth-order valence-electron chi connectivity index (χ4n) is 4.17. The summed E-state index contributed by atoms with van der Waals surface area (Å²) in [5.41, 5.74) is 1.80. The average molecular weight is 473 g/mol. The zero-order valence-electron chi connectivity index (χ0n) is 19.6. The number of nitriles is 1. The number of nitrogens with one attached hydrogen (secondary N) is 1. The first-order valence-corrected chi connectivity index (χ1v) is 10.7. The lowest BCUT2D eigenvalue weighted by molar-refractivity contribution is 0.101. The maximum atomic E-state index is 12.9. The van der Waals surface area contributed by atoms with Gasteiger partial charge in [-0.3, -0.25) is 18.8 Å². The Morgan fingerprint density at radius 1 is 1.29 bits per heavy atom. The van der Waals surface area contributed by atoms with Crippen LogP contribution >= 0.6 is 0 Å². The normalized spacial score (nSPS) is 12.7. The molecule has 11 heteroatoms. The first-order chi connectivity index (χ1) is 16.7. The van der Waals surface area contributed by atoms with Crippen molar-refractivity contribution < 1.29 is 14.4 Å². The first-order valence-electron chi connectivity index (χ1n) is 10.7. The predicted molar refractivity (Wildman–Crippen MR) is 125 cm³/mol. The van der Waals surface area contributed by atoms with Crippen molar-refractivity contribution in [3.63, 3.8) is 0 Å². The summed E-state index contributed by atoms with van der Waals surface area (Å²) in [5, 5.41) is 30.8. The summed E-state index contributed by atoms with van der Waals surface area (Å²) in [4.78, 5) is 30.1. The molecule has 2 N–H and O–H groups in total. The number of carbonyl (C=O) groups is 1. The van der Waals surface area contributed by atoms with Crippen molar-refractivity contribution in [2.75, 3.05) is 5.32 Å². The van der Waals surface area contributed by atoms with Crippen molar-refractivity contribution in [1.82, 2.24) is 24.5 Å². The highest BCUT2D eigenvalue weighted by Crippen LogP contribution is 2.36. The quantitative estimate of drug-likeness (QED) is 0.434. The summed E-state index contributed by atoms with van der Waals surface area (Å²) in [6, 6.07) is 10.7. The maximum absolute atomic E-state index is 12.9. The number of anilines is 1. The van der Waals surface area contributed by atoms with Crippen LogP contribution in [0.1, 0.15) is 57.7 Å². The molecule has 1 amide bonds. The van der Waals surface area contributed by atoms with Gasteiger partial charge in [0.05, 0.1) is 29.6 Å². The van der Waals surface area contributed by atoms with Crippen molar-refractivity contribution in [2.24, 2.45) is 7.05 Å². The fraction of sp³-hybridized carbons (Fsp3) is 0.250. The lowest BCUT2D eigenvalue weighted by Crippen LogP contribution is -2.31. The second kappa shape index (κ2) is 9.26. The van der Waals surface area contributed by atoms with E-state index in [2.05, 4.69) is 26.6 Å². The topological polar surface area (TPSA) is 152 Å². The molecule has 35 heavy (non-hydrogen) atoms. The van der Waals surface area contributed by atoms with Crippen LogP contribution in [0.25, 0.3) is 0 Å². The summed E-state index contributed by atoms with van der Waals surface area (Å²) >= 11 is 0. The van der Waals surface area contributed by atoms with Gasteiger partial charge in [-0.25, -0.2) is 4.98 Å². The van der Waals surface area contributed by atoms with Crippen LogP contribution in [0.5, 0.6) is 5.75 Å². The summed E-state index contributed by atoms with van der Waals surface area (Å²) in [7, 11) is 1.47. The van der Waals surface area contributed by atoms with E-state index in [0.29, 0.717) is 11.1 Å². The number of hydrogen-bond donors (Lipinski definition) is 2. The van der Waals surface area contributed by atoms with Gasteiger partial charge in [0.15, 0.2) is 5.69 Å². The van der Waals surface area contributed by atoms with Gasteiger partial charge in [0, 0.05) is 18.7 Å². The standard InChI is InChI=1S/C24H23N7O4/c1-13-9-14(2)31(29-13)20(18-8-6-5-7-16(18)10-25)15(3)22-28-19(21(32)24(34)30(22)4)23(33)27-17-11-26-35-12-17/h5-9,11-12,15,20,32H,1-4H3,(H,27,33). The Hall–Kier alpha value is -4.72. The molecule has 0 aliphatic carbocycles. The van der Waals surface area contributed by atoms with Crippen LogP contribution in [0, 0.1) is 25.2 Å². The summed E-state index contributed by atoms with van der Waals surface area (Å²) in [5.74, 6) is -1.88. The van der Waals surface area contributed by atoms with Crippen LogP contribution in [-0.2, 0) is 7.05 Å². The molecule has 0 spiro atoms. The van der Waals surface area contributed by atoms with E-state index in [1.54, 1.807) is 16.8 Å². The smallest absolute Gasteiger partial charge is 0.296 e. The third kappa shape index (κ3) is 4.29. The molecular weight excluding hydrogens is 450 g/mol. The van der Waals surface area contributed by atoms with Crippen LogP contribution in [0.15, 0.2) is 52.1 Å². The number of aromatic nitrogens is 5. The van der Waals surface area contributed by atoms with Gasteiger partial charge < -0.3 is 14.9 Å². The van der Waals surface area contributed by atoms with E-state index in [1.165, 1.54) is 24.1 Å². The van der Waals surface area contributed by atoms with Crippen LogP contribution in [0.4, 0.5) is 5.69 Å². The minimum atomic E-state index is -0.795. The van der Waals surface area contributed by atoms with E-state index >= 15 is 0 Å². The third-order valence-corrected chi connectivity index (χ3v) is 5.80. The number of nitrogens with zero attached hydrogens (tertiary/aromatic N) is 6. The molecule has 0 aliphatic heterocycles. The molecular formula is C24H23N7O4. The molecule has 0 bridgehead atoms. The lowest BCUT2D eigenvalue weighted by Gasteiger charge is -2.28. The number of carbonyl (C=O) groups excluding carboxylic acids is 1. The molecule has 2 atom stereocenters. The first kappa shape index (κ1) is 23.4. The predicted octanol–water partition coefficient (Wildman–Crippen LogP) is 2.80. The summed E-state index contributed by atoms with van der Waals surface area (Å²) in [6.07, 6.45) is 2.48. The minimum Gasteiger partial charge on any atom is -0.501 e. The van der Waals surface area contributed by atoms with Crippen LogP contribution < -0.4 is 10.9 Å². The zero-order valence-corrected chi connectivity index (χ0v) is 19.6. The fourth-order valence-corrected chi connectivity index (χ4v) is 4.17. The monoisotopic (exact) mass is 473 g/mol. The van der Waals surface area contributed by atoms with Gasteiger partial charge in [0.25, 0.3) is 11.5 Å². The molecule has 178 valence electrons. The van der Waals surface area contributed by atoms with Crippen molar-refractivity contribution in [2.45, 2.75) is 32.7 Å². The van der Waals surface area contributed by atoms with Crippen molar-refractivity contribution in [3.05, 3.63) is 87.2 Å². The largest absolute Gasteiger partial charge is 0.501 e. The Kier molecular flexibility index (Phi) is 6.20. The number of amides is 1. The number of hydrogen-bond acceptors (Lipinski definition) is 8. The number of aryl methyl sites for hydroxylation is 2. The zero-order chi connectivity index (χ0) is 25.3. The van der Waals surface area contributed by atoms with Gasteiger partial charge in [0.1, 0.15) is 17.8 Å². The van der Waals surface area contributed by atoms with Crippen molar-refractivity contribution in [1.29, 1.82) is 5.26 Å². The molecule has 3 aromatic heterocycles. The molecule has 0 radical (unpaired) electrons. The van der Waals surface area contributed by atoms with Crippen LogP contribution in [0.2, 0.25) is 0 Å². The minimum absolute atomic E-state index is 0.230. The number of rotatable bonds is 6. The van der Waals surface area contributed by atoms with Gasteiger partial charge in [-0.05, 0) is 31.5 Å². The van der Waals surface area contributed by atoms with E-state index in [4.69, 9.17) is 4.52 Å². The molecule has 3 heterocycles. The molecule has 0 aliphatic rings. The molecule has 0 saturated carbocycles.